The van der Waals surface area contributed by atoms with Gasteiger partial charge in [0.05, 0.1) is 29.6 Å². The summed E-state index contributed by atoms with van der Waals surface area (Å²) in [5, 5.41) is 17.4. The van der Waals surface area contributed by atoms with Crippen LogP contribution in [0.1, 0.15) is 78.2 Å². The number of pyridine rings is 1. The average Bonchev–Trinajstić information content (AvgIpc) is 3.46. The molecule has 2 aromatic carbocycles. The summed E-state index contributed by atoms with van der Waals surface area (Å²) < 4.78 is 31.2. The summed E-state index contributed by atoms with van der Waals surface area (Å²) in [5.74, 6) is -3.07. The van der Waals surface area contributed by atoms with E-state index in [-0.39, 0.29) is 35.0 Å². The van der Waals surface area contributed by atoms with Gasteiger partial charge in [-0.3, -0.25) is 23.7 Å². The number of amides is 3. The van der Waals surface area contributed by atoms with Crippen LogP contribution < -0.4 is 16.0 Å². The summed E-state index contributed by atoms with van der Waals surface area (Å²) in [4.78, 5) is 45.2. The van der Waals surface area contributed by atoms with Gasteiger partial charge in [-0.25, -0.2) is 13.8 Å². The van der Waals surface area contributed by atoms with E-state index in [1.807, 2.05) is 0 Å². The molecule has 0 radical (unpaired) electrons. The highest BCUT2D eigenvalue weighted by Crippen LogP contribution is 2.25. The van der Waals surface area contributed by atoms with Crippen LogP contribution in [0.25, 0.3) is 16.8 Å². The third-order valence-electron chi connectivity index (χ3n) is 8.65. The highest BCUT2D eigenvalue weighted by Gasteiger charge is 2.25. The molecular weight excluding hydrogens is 606 g/mol. The number of nitrogens with one attached hydrogen (secondary N) is 3. The largest absolute Gasteiger partial charge is 0.394 e. The second kappa shape index (κ2) is 14.0. The molecule has 47 heavy (non-hydrogen) atoms. The number of likely N-dealkylation sites (tertiary alicyclic amines) is 1. The number of hydrogen-bond donors (Lipinski definition) is 4. The number of imidazole rings is 1. The lowest BCUT2D eigenvalue weighted by Gasteiger charge is -2.39. The standard InChI is InChI=1S/C35H40F2N6O4/c1-21-6-5-7-22(2)42(21)15-13-38-32(45)25-9-11-27(36)29(17-25)40-34(47)30-19-39-31-18-24(12-14-43(30)31)23-8-10-26(28(37)16-23)33(46)41-35(3,4)20-44/h8-12,14,16-19,21-22,44H,5-7,13,15,20H2,1-4H3,(H,38,45)(H,40,47)(H,41,46)/t21-,22+. The quantitative estimate of drug-likeness (QED) is 0.192. The first-order chi connectivity index (χ1) is 22.4. The number of halogens is 2. The van der Waals surface area contributed by atoms with Crippen molar-refractivity contribution in [2.45, 2.75) is 64.6 Å². The Kier molecular flexibility index (Phi) is 10.0. The Morgan fingerprint density at radius 1 is 0.936 bits per heavy atom. The van der Waals surface area contributed by atoms with Crippen molar-refractivity contribution in [2.24, 2.45) is 0 Å². The van der Waals surface area contributed by atoms with E-state index in [1.54, 1.807) is 38.2 Å². The fraction of sp³-hybridized carbons (Fsp3) is 0.371. The Hall–Kier alpha value is -4.68. The van der Waals surface area contributed by atoms with Crippen LogP contribution in [0.5, 0.6) is 0 Å². The minimum Gasteiger partial charge on any atom is -0.394 e. The van der Waals surface area contributed by atoms with Gasteiger partial charge in [0, 0.05) is 36.9 Å². The fourth-order valence-corrected chi connectivity index (χ4v) is 5.89. The predicted octanol–water partition coefficient (Wildman–Crippen LogP) is 5.03. The summed E-state index contributed by atoms with van der Waals surface area (Å²) in [6, 6.07) is 12.2. The number of anilines is 1. The van der Waals surface area contributed by atoms with Crippen LogP contribution in [0, 0.1) is 11.6 Å². The summed E-state index contributed by atoms with van der Waals surface area (Å²) in [6.07, 6.45) is 6.39. The number of aliphatic hydroxyl groups is 1. The molecule has 2 atom stereocenters. The lowest BCUT2D eigenvalue weighted by atomic mass is 9.98. The van der Waals surface area contributed by atoms with Crippen LogP contribution >= 0.6 is 0 Å². The Balaban J connectivity index is 1.26. The van der Waals surface area contributed by atoms with Crippen molar-refractivity contribution < 1.29 is 28.3 Å². The van der Waals surface area contributed by atoms with Gasteiger partial charge < -0.3 is 21.1 Å². The number of nitrogens with zero attached hydrogens (tertiary/aromatic N) is 3. The number of aliphatic hydroxyl groups excluding tert-OH is 1. The van der Waals surface area contributed by atoms with Gasteiger partial charge in [-0.15, -0.1) is 0 Å². The molecule has 4 N–H and O–H groups in total. The van der Waals surface area contributed by atoms with E-state index in [9.17, 15) is 28.3 Å². The van der Waals surface area contributed by atoms with E-state index in [0.717, 1.165) is 25.5 Å². The maximum absolute atomic E-state index is 14.9. The molecule has 10 nitrogen and oxygen atoms in total. The molecule has 1 aliphatic rings. The number of aromatic nitrogens is 2. The fourth-order valence-electron chi connectivity index (χ4n) is 5.89. The van der Waals surface area contributed by atoms with Crippen LogP contribution in [-0.2, 0) is 0 Å². The van der Waals surface area contributed by atoms with Crippen molar-refractivity contribution in [1.82, 2.24) is 24.9 Å². The Bertz CT molecular complexity index is 1800. The molecule has 0 saturated carbocycles. The van der Waals surface area contributed by atoms with Crippen molar-refractivity contribution in [3.05, 3.63) is 89.4 Å². The highest BCUT2D eigenvalue weighted by molar-refractivity contribution is 6.04. The zero-order valence-corrected chi connectivity index (χ0v) is 26.9. The summed E-state index contributed by atoms with van der Waals surface area (Å²) in [6.45, 7) is 8.50. The van der Waals surface area contributed by atoms with E-state index >= 15 is 0 Å². The van der Waals surface area contributed by atoms with E-state index in [2.05, 4.69) is 39.7 Å². The number of hydrogen-bond acceptors (Lipinski definition) is 6. The van der Waals surface area contributed by atoms with Crippen molar-refractivity contribution in [3.63, 3.8) is 0 Å². The summed E-state index contributed by atoms with van der Waals surface area (Å²) in [7, 11) is 0. The van der Waals surface area contributed by atoms with Gasteiger partial charge >= 0.3 is 0 Å². The molecule has 5 rings (SSSR count). The Morgan fingerprint density at radius 2 is 1.66 bits per heavy atom. The second-order valence-corrected chi connectivity index (χ2v) is 12.7. The average molecular weight is 647 g/mol. The molecule has 12 heteroatoms. The van der Waals surface area contributed by atoms with Gasteiger partial charge in [0.1, 0.15) is 23.0 Å². The van der Waals surface area contributed by atoms with Crippen molar-refractivity contribution in [2.75, 3.05) is 25.0 Å². The number of fused-ring (bicyclic) bond motifs is 1. The van der Waals surface area contributed by atoms with Gasteiger partial charge in [-0.1, -0.05) is 12.5 Å². The first-order valence-corrected chi connectivity index (χ1v) is 15.7. The minimum atomic E-state index is -0.911. The molecule has 1 aliphatic heterocycles. The maximum atomic E-state index is 14.9. The molecule has 3 amide bonds. The minimum absolute atomic E-state index is 0.121. The van der Waals surface area contributed by atoms with Crippen molar-refractivity contribution >= 4 is 29.1 Å². The molecule has 0 bridgehead atoms. The lowest BCUT2D eigenvalue weighted by molar-refractivity contribution is 0.0863. The van der Waals surface area contributed by atoms with Gasteiger partial charge in [0.15, 0.2) is 0 Å². The van der Waals surface area contributed by atoms with Gasteiger partial charge in [0.2, 0.25) is 0 Å². The molecule has 4 aromatic rings. The number of benzene rings is 2. The Labute approximate surface area is 272 Å². The lowest BCUT2D eigenvalue weighted by Crippen LogP contribution is -2.47. The third kappa shape index (κ3) is 7.66. The summed E-state index contributed by atoms with van der Waals surface area (Å²) >= 11 is 0. The third-order valence-corrected chi connectivity index (χ3v) is 8.65. The van der Waals surface area contributed by atoms with Crippen LogP contribution in [0.3, 0.4) is 0 Å². The monoisotopic (exact) mass is 646 g/mol. The van der Waals surface area contributed by atoms with Crippen LogP contribution in [0.4, 0.5) is 14.5 Å². The molecule has 1 saturated heterocycles. The molecule has 3 heterocycles. The Morgan fingerprint density at radius 3 is 2.36 bits per heavy atom. The second-order valence-electron chi connectivity index (χ2n) is 12.7. The van der Waals surface area contributed by atoms with Crippen LogP contribution in [-0.4, -0.2) is 74.4 Å². The molecule has 2 aromatic heterocycles. The topological polar surface area (TPSA) is 128 Å². The van der Waals surface area contributed by atoms with E-state index in [0.29, 0.717) is 35.4 Å². The van der Waals surface area contributed by atoms with Crippen molar-refractivity contribution in [1.29, 1.82) is 0 Å². The summed E-state index contributed by atoms with van der Waals surface area (Å²) in [5.41, 5.74) is 0.574. The number of piperidine rings is 1. The molecule has 1 fully saturated rings. The zero-order chi connectivity index (χ0) is 33.9. The van der Waals surface area contributed by atoms with Crippen LogP contribution in [0.15, 0.2) is 60.9 Å². The van der Waals surface area contributed by atoms with Crippen LogP contribution in [0.2, 0.25) is 0 Å². The van der Waals surface area contributed by atoms with Gasteiger partial charge in [0.25, 0.3) is 17.7 Å². The van der Waals surface area contributed by atoms with E-state index < -0.39 is 29.0 Å². The molecule has 248 valence electrons. The normalized spacial score (nSPS) is 17.0. The maximum Gasteiger partial charge on any atom is 0.274 e. The first-order valence-electron chi connectivity index (χ1n) is 15.7. The zero-order valence-electron chi connectivity index (χ0n) is 26.9. The number of carbonyl (C=O) groups excluding carboxylic acids is 3. The predicted molar refractivity (Wildman–Crippen MR) is 175 cm³/mol. The molecule has 0 aliphatic carbocycles. The molecule has 0 unspecified atom stereocenters. The van der Waals surface area contributed by atoms with E-state index in [1.165, 1.54) is 41.3 Å². The molecular formula is C35H40F2N6O4. The number of rotatable bonds is 10. The molecule has 0 spiro atoms. The smallest absolute Gasteiger partial charge is 0.274 e. The number of carbonyl (C=O) groups is 3. The first kappa shape index (κ1) is 33.7. The van der Waals surface area contributed by atoms with Gasteiger partial charge in [-0.05, 0) is 94.1 Å². The van der Waals surface area contributed by atoms with E-state index in [4.69, 9.17) is 0 Å². The highest BCUT2D eigenvalue weighted by atomic mass is 19.1. The van der Waals surface area contributed by atoms with Gasteiger partial charge in [-0.2, -0.15) is 0 Å². The SMILES string of the molecule is C[C@@H]1CCC[C@H](C)N1CCNC(=O)c1ccc(F)c(NC(=O)c2cnc3cc(-c4ccc(C(=O)NC(C)(C)CO)c(F)c4)ccn23)c1. The van der Waals surface area contributed by atoms with Crippen molar-refractivity contribution in [3.8, 4) is 11.1 Å².